The number of hydrogen-bond donors (Lipinski definition) is 2. The second-order valence-corrected chi connectivity index (χ2v) is 6.91. The molecule has 2 N–H and O–H groups in total. The number of amides is 1. The molecule has 0 aliphatic rings. The Morgan fingerprint density at radius 3 is 2.59 bits per heavy atom. The van der Waals surface area contributed by atoms with Crippen molar-refractivity contribution in [3.63, 3.8) is 0 Å². The van der Waals surface area contributed by atoms with E-state index in [1.165, 1.54) is 0 Å². The molecule has 0 saturated heterocycles. The molecule has 5 heteroatoms. The summed E-state index contributed by atoms with van der Waals surface area (Å²) in [4.78, 5) is 20.7. The molecule has 0 atom stereocenters. The number of anilines is 1. The number of hydrogen-bond acceptors (Lipinski definition) is 3. The minimum atomic E-state index is -0.156. The van der Waals surface area contributed by atoms with Crippen molar-refractivity contribution in [1.82, 2.24) is 9.97 Å². The van der Waals surface area contributed by atoms with Gasteiger partial charge in [0.25, 0.3) is 5.91 Å². The van der Waals surface area contributed by atoms with E-state index in [0.717, 1.165) is 45.8 Å². The van der Waals surface area contributed by atoms with E-state index in [9.17, 15) is 4.79 Å². The summed E-state index contributed by atoms with van der Waals surface area (Å²) in [6, 6.07) is 20.9. The van der Waals surface area contributed by atoms with Crippen LogP contribution in [0.4, 0.5) is 5.69 Å². The summed E-state index contributed by atoms with van der Waals surface area (Å²) in [7, 11) is 0. The number of rotatable bonds is 6. The standard InChI is InChI=1S/C24H23N3O2/c1-3-15-29-18-13-11-17(12-14-18)24(28)27-20-10-6-7-19(16(20)2)23-25-21-8-4-5-9-22(21)26-23/h4-14H,3,15H2,1-2H3,(H,25,26)(H,27,28). The predicted molar refractivity (Wildman–Crippen MR) is 116 cm³/mol. The van der Waals surface area contributed by atoms with Crippen LogP contribution in [0.25, 0.3) is 22.4 Å². The fraction of sp³-hybridized carbons (Fsp3) is 0.167. The van der Waals surface area contributed by atoms with E-state index in [1.807, 2.05) is 61.5 Å². The lowest BCUT2D eigenvalue weighted by atomic mass is 10.1. The fourth-order valence-corrected chi connectivity index (χ4v) is 3.22. The van der Waals surface area contributed by atoms with Gasteiger partial charge in [0, 0.05) is 16.8 Å². The summed E-state index contributed by atoms with van der Waals surface area (Å²) < 4.78 is 5.57. The summed E-state index contributed by atoms with van der Waals surface area (Å²) in [5.41, 5.74) is 5.18. The normalized spacial score (nSPS) is 10.8. The first-order valence-corrected chi connectivity index (χ1v) is 9.74. The molecule has 0 aliphatic heterocycles. The van der Waals surface area contributed by atoms with Crippen LogP contribution in [0.1, 0.15) is 29.3 Å². The van der Waals surface area contributed by atoms with E-state index < -0.39 is 0 Å². The van der Waals surface area contributed by atoms with Gasteiger partial charge < -0.3 is 15.0 Å². The second kappa shape index (κ2) is 8.19. The zero-order chi connectivity index (χ0) is 20.2. The van der Waals surface area contributed by atoms with Crippen molar-refractivity contribution in [3.8, 4) is 17.1 Å². The van der Waals surface area contributed by atoms with Gasteiger partial charge in [-0.25, -0.2) is 4.98 Å². The maximum absolute atomic E-state index is 12.7. The Balaban J connectivity index is 1.56. The Bertz CT molecular complexity index is 1110. The van der Waals surface area contributed by atoms with Crippen LogP contribution in [0.3, 0.4) is 0 Å². The number of para-hydroxylation sites is 2. The first-order valence-electron chi connectivity index (χ1n) is 9.74. The Morgan fingerprint density at radius 2 is 1.83 bits per heavy atom. The molecule has 0 spiro atoms. The molecule has 29 heavy (non-hydrogen) atoms. The van der Waals surface area contributed by atoms with Gasteiger partial charge in [0.2, 0.25) is 0 Å². The van der Waals surface area contributed by atoms with Crippen LogP contribution >= 0.6 is 0 Å². The highest BCUT2D eigenvalue weighted by Gasteiger charge is 2.13. The van der Waals surface area contributed by atoms with Crippen molar-refractivity contribution < 1.29 is 9.53 Å². The number of ether oxygens (including phenoxy) is 1. The number of aromatic nitrogens is 2. The van der Waals surface area contributed by atoms with Gasteiger partial charge in [-0.15, -0.1) is 0 Å². The second-order valence-electron chi connectivity index (χ2n) is 6.91. The molecule has 1 aromatic heterocycles. The molecule has 1 amide bonds. The number of fused-ring (bicyclic) bond motifs is 1. The molecule has 0 saturated carbocycles. The van der Waals surface area contributed by atoms with Gasteiger partial charge in [-0.3, -0.25) is 4.79 Å². The zero-order valence-corrected chi connectivity index (χ0v) is 16.5. The predicted octanol–water partition coefficient (Wildman–Crippen LogP) is 5.58. The van der Waals surface area contributed by atoms with Gasteiger partial charge in [-0.1, -0.05) is 31.2 Å². The molecule has 0 fully saturated rings. The number of carbonyl (C=O) groups excluding carboxylic acids is 1. The third-order valence-corrected chi connectivity index (χ3v) is 4.82. The first kappa shape index (κ1) is 18.7. The van der Waals surface area contributed by atoms with Crippen LogP contribution < -0.4 is 10.1 Å². The minimum absolute atomic E-state index is 0.156. The van der Waals surface area contributed by atoms with E-state index in [1.54, 1.807) is 12.1 Å². The van der Waals surface area contributed by atoms with Crippen LogP contribution in [0.5, 0.6) is 5.75 Å². The molecule has 0 unspecified atom stereocenters. The highest BCUT2D eigenvalue weighted by atomic mass is 16.5. The number of nitrogens with one attached hydrogen (secondary N) is 2. The maximum Gasteiger partial charge on any atom is 0.255 e. The van der Waals surface area contributed by atoms with E-state index in [4.69, 9.17) is 4.74 Å². The third-order valence-electron chi connectivity index (χ3n) is 4.82. The molecule has 146 valence electrons. The quantitative estimate of drug-likeness (QED) is 0.455. The van der Waals surface area contributed by atoms with Crippen LogP contribution in [-0.2, 0) is 0 Å². The smallest absolute Gasteiger partial charge is 0.255 e. The van der Waals surface area contributed by atoms with Gasteiger partial charge in [0.15, 0.2) is 0 Å². The maximum atomic E-state index is 12.7. The van der Waals surface area contributed by atoms with Crippen LogP contribution in [0, 0.1) is 6.92 Å². The van der Waals surface area contributed by atoms with Crippen molar-refractivity contribution in [2.24, 2.45) is 0 Å². The van der Waals surface area contributed by atoms with Crippen molar-refractivity contribution in [2.45, 2.75) is 20.3 Å². The molecule has 4 aromatic rings. The lowest BCUT2D eigenvalue weighted by Crippen LogP contribution is -2.13. The number of H-pyrrole nitrogens is 1. The molecule has 0 aliphatic carbocycles. The highest BCUT2D eigenvalue weighted by Crippen LogP contribution is 2.28. The van der Waals surface area contributed by atoms with Gasteiger partial charge in [-0.2, -0.15) is 0 Å². The molecule has 4 rings (SSSR count). The van der Waals surface area contributed by atoms with Gasteiger partial charge in [0.1, 0.15) is 11.6 Å². The Labute approximate surface area is 169 Å². The molecule has 5 nitrogen and oxygen atoms in total. The van der Waals surface area contributed by atoms with Gasteiger partial charge in [0.05, 0.1) is 17.6 Å². The zero-order valence-electron chi connectivity index (χ0n) is 16.5. The van der Waals surface area contributed by atoms with Crippen LogP contribution in [0.15, 0.2) is 66.7 Å². The number of benzene rings is 3. The minimum Gasteiger partial charge on any atom is -0.494 e. The first-order chi connectivity index (χ1) is 14.2. The van der Waals surface area contributed by atoms with E-state index >= 15 is 0 Å². The molecular formula is C24H23N3O2. The molecule has 0 bridgehead atoms. The van der Waals surface area contributed by atoms with Crippen molar-refractivity contribution in [3.05, 3.63) is 77.9 Å². The number of imidazole rings is 1. The summed E-state index contributed by atoms with van der Waals surface area (Å²) in [6.07, 6.45) is 0.948. The van der Waals surface area contributed by atoms with E-state index in [0.29, 0.717) is 12.2 Å². The van der Waals surface area contributed by atoms with E-state index in [2.05, 4.69) is 22.2 Å². The fourth-order valence-electron chi connectivity index (χ4n) is 3.22. The molecule has 3 aromatic carbocycles. The Morgan fingerprint density at radius 1 is 1.03 bits per heavy atom. The monoisotopic (exact) mass is 385 g/mol. The summed E-state index contributed by atoms with van der Waals surface area (Å²) >= 11 is 0. The lowest BCUT2D eigenvalue weighted by Gasteiger charge is -2.12. The largest absolute Gasteiger partial charge is 0.494 e. The van der Waals surface area contributed by atoms with Gasteiger partial charge in [-0.05, 0) is 61.4 Å². The van der Waals surface area contributed by atoms with Crippen LogP contribution in [-0.4, -0.2) is 22.5 Å². The summed E-state index contributed by atoms with van der Waals surface area (Å²) in [5, 5.41) is 3.01. The third kappa shape index (κ3) is 3.99. The summed E-state index contributed by atoms with van der Waals surface area (Å²) in [6.45, 7) is 4.71. The van der Waals surface area contributed by atoms with Crippen LogP contribution in [0.2, 0.25) is 0 Å². The number of carbonyl (C=O) groups is 1. The Kier molecular flexibility index (Phi) is 5.29. The summed E-state index contributed by atoms with van der Waals surface area (Å²) in [5.74, 6) is 1.40. The molecule has 0 radical (unpaired) electrons. The Hall–Kier alpha value is -3.60. The lowest BCUT2D eigenvalue weighted by molar-refractivity contribution is 0.102. The average Bonchev–Trinajstić information content (AvgIpc) is 3.18. The van der Waals surface area contributed by atoms with Crippen molar-refractivity contribution in [1.29, 1.82) is 0 Å². The molecular weight excluding hydrogens is 362 g/mol. The van der Waals surface area contributed by atoms with Gasteiger partial charge >= 0.3 is 0 Å². The SMILES string of the molecule is CCCOc1ccc(C(=O)Nc2cccc(-c3nc4ccccc4[nH]3)c2C)cc1. The number of aromatic amines is 1. The van der Waals surface area contributed by atoms with Crippen molar-refractivity contribution in [2.75, 3.05) is 11.9 Å². The molecule has 1 heterocycles. The highest BCUT2D eigenvalue weighted by molar-refractivity contribution is 6.05. The van der Waals surface area contributed by atoms with E-state index in [-0.39, 0.29) is 5.91 Å². The van der Waals surface area contributed by atoms with Crippen molar-refractivity contribution >= 4 is 22.6 Å². The topological polar surface area (TPSA) is 67.0 Å². The average molecular weight is 385 g/mol. The number of nitrogens with zero attached hydrogens (tertiary/aromatic N) is 1.